The van der Waals surface area contributed by atoms with E-state index in [2.05, 4.69) is 0 Å². The van der Waals surface area contributed by atoms with Crippen molar-refractivity contribution in [1.82, 2.24) is 0 Å². The standard InChI is InChI=1S/C9H9F2NO2/c1-4(9(13)14)6-2-5(10)3-7(11)8(6)12/h2-4H,12H2,1H3,(H,13,14). The quantitative estimate of drug-likeness (QED) is 0.716. The molecule has 0 aliphatic heterocycles. The molecule has 3 N–H and O–H groups in total. The van der Waals surface area contributed by atoms with Crippen LogP contribution in [-0.4, -0.2) is 11.1 Å². The highest BCUT2D eigenvalue weighted by molar-refractivity contribution is 5.78. The first kappa shape index (κ1) is 10.4. The number of hydrogen-bond acceptors (Lipinski definition) is 2. The molecule has 76 valence electrons. The summed E-state index contributed by atoms with van der Waals surface area (Å²) in [5.41, 5.74) is 4.92. The molecule has 14 heavy (non-hydrogen) atoms. The van der Waals surface area contributed by atoms with Gasteiger partial charge in [-0.1, -0.05) is 0 Å². The Hall–Kier alpha value is -1.65. The van der Waals surface area contributed by atoms with Crippen LogP contribution in [0.1, 0.15) is 18.4 Å². The molecule has 0 aromatic heterocycles. The lowest BCUT2D eigenvalue weighted by atomic mass is 9.99. The minimum Gasteiger partial charge on any atom is -0.481 e. The topological polar surface area (TPSA) is 63.3 Å². The largest absolute Gasteiger partial charge is 0.481 e. The predicted octanol–water partition coefficient (Wildman–Crippen LogP) is 1.74. The van der Waals surface area contributed by atoms with E-state index in [1.807, 2.05) is 0 Å². The Morgan fingerprint density at radius 3 is 2.57 bits per heavy atom. The van der Waals surface area contributed by atoms with Gasteiger partial charge in [-0.15, -0.1) is 0 Å². The van der Waals surface area contributed by atoms with Crippen LogP contribution in [0, 0.1) is 11.6 Å². The van der Waals surface area contributed by atoms with Crippen molar-refractivity contribution in [3.05, 3.63) is 29.3 Å². The van der Waals surface area contributed by atoms with Gasteiger partial charge >= 0.3 is 5.97 Å². The summed E-state index contributed by atoms with van der Waals surface area (Å²) in [6, 6.07) is 1.55. The number of benzene rings is 1. The van der Waals surface area contributed by atoms with E-state index in [-0.39, 0.29) is 11.3 Å². The molecule has 3 nitrogen and oxygen atoms in total. The maximum absolute atomic E-state index is 12.9. The van der Waals surface area contributed by atoms with Crippen molar-refractivity contribution in [2.24, 2.45) is 0 Å². The van der Waals surface area contributed by atoms with Gasteiger partial charge in [-0.05, 0) is 18.6 Å². The van der Waals surface area contributed by atoms with Gasteiger partial charge in [0.15, 0.2) is 0 Å². The summed E-state index contributed by atoms with van der Waals surface area (Å²) in [7, 11) is 0. The molecule has 1 aromatic rings. The number of hydrogen-bond donors (Lipinski definition) is 2. The van der Waals surface area contributed by atoms with E-state index < -0.39 is 23.5 Å². The van der Waals surface area contributed by atoms with E-state index in [4.69, 9.17) is 10.8 Å². The van der Waals surface area contributed by atoms with Crippen LogP contribution in [0.5, 0.6) is 0 Å². The molecule has 0 amide bonds. The average Bonchev–Trinajstić information content (AvgIpc) is 2.09. The van der Waals surface area contributed by atoms with E-state index in [1.54, 1.807) is 0 Å². The summed E-state index contributed by atoms with van der Waals surface area (Å²) in [5.74, 6) is -3.98. The highest BCUT2D eigenvalue weighted by atomic mass is 19.1. The number of nitrogens with two attached hydrogens (primary N) is 1. The zero-order chi connectivity index (χ0) is 10.9. The second kappa shape index (κ2) is 3.61. The fourth-order valence-electron chi connectivity index (χ4n) is 1.10. The third-order valence-electron chi connectivity index (χ3n) is 1.96. The summed E-state index contributed by atoms with van der Waals surface area (Å²) in [5, 5.41) is 8.64. The van der Waals surface area contributed by atoms with E-state index >= 15 is 0 Å². The first-order valence-electron chi connectivity index (χ1n) is 3.90. The highest BCUT2D eigenvalue weighted by Crippen LogP contribution is 2.25. The van der Waals surface area contributed by atoms with Crippen molar-refractivity contribution in [2.75, 3.05) is 5.73 Å². The normalized spacial score (nSPS) is 12.5. The van der Waals surface area contributed by atoms with Crippen molar-refractivity contribution in [1.29, 1.82) is 0 Å². The average molecular weight is 201 g/mol. The molecule has 1 unspecified atom stereocenters. The Bertz CT molecular complexity index is 379. The number of anilines is 1. The molecule has 0 aliphatic rings. The van der Waals surface area contributed by atoms with Gasteiger partial charge < -0.3 is 10.8 Å². The Morgan fingerprint density at radius 2 is 2.07 bits per heavy atom. The minimum absolute atomic E-state index is 0.0463. The van der Waals surface area contributed by atoms with Gasteiger partial charge in [0.2, 0.25) is 0 Å². The number of nitrogen functional groups attached to an aromatic ring is 1. The van der Waals surface area contributed by atoms with Crippen LogP contribution in [0.2, 0.25) is 0 Å². The molecule has 1 aromatic carbocycles. The van der Waals surface area contributed by atoms with Gasteiger partial charge in [0.05, 0.1) is 11.6 Å². The molecule has 0 heterocycles. The Balaban J connectivity index is 3.26. The molecule has 0 radical (unpaired) electrons. The van der Waals surface area contributed by atoms with Gasteiger partial charge in [0.1, 0.15) is 11.6 Å². The van der Waals surface area contributed by atoms with Crippen molar-refractivity contribution < 1.29 is 18.7 Å². The van der Waals surface area contributed by atoms with E-state index in [1.165, 1.54) is 6.92 Å². The van der Waals surface area contributed by atoms with Crippen molar-refractivity contribution in [3.8, 4) is 0 Å². The lowest BCUT2D eigenvalue weighted by molar-refractivity contribution is -0.138. The predicted molar refractivity (Wildman–Crippen MR) is 46.8 cm³/mol. The molecule has 5 heteroatoms. The van der Waals surface area contributed by atoms with Gasteiger partial charge in [-0.2, -0.15) is 0 Å². The third-order valence-corrected chi connectivity index (χ3v) is 1.96. The summed E-state index contributed by atoms with van der Waals surface area (Å²) in [6.45, 7) is 1.31. The zero-order valence-electron chi connectivity index (χ0n) is 7.42. The number of halogens is 2. The molecule has 0 aliphatic carbocycles. The summed E-state index contributed by atoms with van der Waals surface area (Å²) < 4.78 is 25.6. The van der Waals surface area contributed by atoms with Crippen molar-refractivity contribution in [3.63, 3.8) is 0 Å². The number of aliphatic carboxylic acids is 1. The number of carbonyl (C=O) groups is 1. The summed E-state index contributed by atoms with van der Waals surface area (Å²) >= 11 is 0. The SMILES string of the molecule is CC(C(=O)O)c1cc(F)cc(F)c1N. The van der Waals surface area contributed by atoms with Crippen molar-refractivity contribution in [2.45, 2.75) is 12.8 Å². The minimum atomic E-state index is -1.18. The lowest BCUT2D eigenvalue weighted by Gasteiger charge is -2.10. The van der Waals surface area contributed by atoms with Gasteiger partial charge in [-0.25, -0.2) is 8.78 Å². The molecule has 0 saturated heterocycles. The Morgan fingerprint density at radius 1 is 1.50 bits per heavy atom. The maximum Gasteiger partial charge on any atom is 0.310 e. The molecule has 1 atom stereocenters. The monoisotopic (exact) mass is 201 g/mol. The maximum atomic E-state index is 12.9. The molecule has 0 saturated carbocycles. The van der Waals surface area contributed by atoms with Crippen molar-refractivity contribution >= 4 is 11.7 Å². The van der Waals surface area contributed by atoms with Crippen LogP contribution >= 0.6 is 0 Å². The Labute approximate surface area is 79.2 Å². The highest BCUT2D eigenvalue weighted by Gasteiger charge is 2.19. The number of carboxylic acid groups (broad SMARTS) is 1. The molecule has 1 rings (SSSR count). The van der Waals surface area contributed by atoms with E-state index in [0.29, 0.717) is 6.07 Å². The van der Waals surface area contributed by atoms with Crippen LogP contribution in [-0.2, 0) is 4.79 Å². The van der Waals surface area contributed by atoms with Crippen LogP contribution in [0.15, 0.2) is 12.1 Å². The number of carboxylic acids is 1. The fourth-order valence-corrected chi connectivity index (χ4v) is 1.10. The van der Waals surface area contributed by atoms with Crippen LogP contribution in [0.25, 0.3) is 0 Å². The van der Waals surface area contributed by atoms with Crippen LogP contribution in [0.3, 0.4) is 0 Å². The van der Waals surface area contributed by atoms with Crippen LogP contribution in [0.4, 0.5) is 14.5 Å². The molecule has 0 spiro atoms. The van der Waals surface area contributed by atoms with Gasteiger partial charge in [0.25, 0.3) is 0 Å². The number of rotatable bonds is 2. The zero-order valence-corrected chi connectivity index (χ0v) is 7.42. The fraction of sp³-hybridized carbons (Fsp3) is 0.222. The molecular formula is C9H9F2NO2. The van der Waals surface area contributed by atoms with E-state index in [9.17, 15) is 13.6 Å². The lowest BCUT2D eigenvalue weighted by Crippen LogP contribution is -2.11. The van der Waals surface area contributed by atoms with Gasteiger partial charge in [0, 0.05) is 6.07 Å². The van der Waals surface area contributed by atoms with Gasteiger partial charge in [-0.3, -0.25) is 4.79 Å². The first-order valence-corrected chi connectivity index (χ1v) is 3.90. The summed E-state index contributed by atoms with van der Waals surface area (Å²) in [4.78, 5) is 10.6. The smallest absolute Gasteiger partial charge is 0.310 e. The van der Waals surface area contributed by atoms with Crippen LogP contribution < -0.4 is 5.73 Å². The molecular weight excluding hydrogens is 192 g/mol. The molecule has 0 bridgehead atoms. The second-order valence-corrected chi connectivity index (χ2v) is 2.95. The Kier molecular flexibility index (Phi) is 2.69. The molecule has 0 fully saturated rings. The summed E-state index contributed by atoms with van der Waals surface area (Å²) in [6.07, 6.45) is 0. The van der Waals surface area contributed by atoms with E-state index in [0.717, 1.165) is 6.07 Å². The second-order valence-electron chi connectivity index (χ2n) is 2.95. The third kappa shape index (κ3) is 1.81. The first-order chi connectivity index (χ1) is 6.43.